The third-order valence-electron chi connectivity index (χ3n) is 4.60. The Hall–Kier alpha value is -3.78. The highest BCUT2D eigenvalue weighted by Gasteiger charge is 2.26. The number of hydrogen-bond acceptors (Lipinski definition) is 5. The number of aromatic nitrogens is 2. The molecule has 4 rings (SSSR count). The minimum atomic E-state index is -3.94. The van der Waals surface area contributed by atoms with Gasteiger partial charge in [-0.2, -0.15) is 0 Å². The van der Waals surface area contributed by atoms with Gasteiger partial charge in [-0.3, -0.25) is 14.6 Å². The number of fused-ring (bicyclic) bond motifs is 1. The van der Waals surface area contributed by atoms with Gasteiger partial charge in [0, 0.05) is 17.3 Å². The Bertz CT molecular complexity index is 1360. The van der Waals surface area contributed by atoms with Crippen LogP contribution in [-0.4, -0.2) is 29.1 Å². The number of rotatable bonds is 5. The number of para-hydroxylation sites is 1. The van der Waals surface area contributed by atoms with Crippen molar-refractivity contribution in [2.45, 2.75) is 11.8 Å². The van der Waals surface area contributed by atoms with E-state index in [0.29, 0.717) is 16.6 Å². The molecule has 0 atom stereocenters. The van der Waals surface area contributed by atoms with Crippen LogP contribution in [0.25, 0.3) is 10.9 Å². The van der Waals surface area contributed by atoms with Gasteiger partial charge in [-0.25, -0.2) is 12.4 Å². The van der Waals surface area contributed by atoms with E-state index in [4.69, 9.17) is 0 Å². The molecule has 0 unspecified atom stereocenters. The number of benzene rings is 2. The number of hydrogen-bond donors (Lipinski definition) is 1. The number of nitrogens with one attached hydrogen (secondary N) is 1. The predicted octanol–water partition coefficient (Wildman–Crippen LogP) is 3.40. The molecule has 7 nitrogen and oxygen atoms in total. The average molecular weight is 419 g/mol. The molecule has 2 aromatic heterocycles. The molecule has 0 fully saturated rings. The van der Waals surface area contributed by atoms with Crippen molar-refractivity contribution in [2.75, 3.05) is 5.32 Å². The lowest BCUT2D eigenvalue weighted by molar-refractivity contribution is -0.112. The van der Waals surface area contributed by atoms with E-state index >= 15 is 0 Å². The zero-order chi connectivity index (χ0) is 21.3. The lowest BCUT2D eigenvalue weighted by Crippen LogP contribution is -2.23. The van der Waals surface area contributed by atoms with E-state index in [-0.39, 0.29) is 10.5 Å². The predicted molar refractivity (Wildman–Crippen MR) is 113 cm³/mol. The molecule has 0 aliphatic carbocycles. The molecule has 0 bridgehead atoms. The van der Waals surface area contributed by atoms with Gasteiger partial charge in [0.15, 0.2) is 0 Å². The molecule has 0 radical (unpaired) electrons. The molecule has 30 heavy (non-hydrogen) atoms. The lowest BCUT2D eigenvalue weighted by atomic mass is 10.1. The first-order chi connectivity index (χ1) is 14.4. The minimum Gasteiger partial charge on any atom is -0.318 e. The molecule has 2 aromatic carbocycles. The Morgan fingerprint density at radius 3 is 2.33 bits per heavy atom. The standard InChI is InChI=1S/C22H17N3O4S/c1-15-11-12-16(13-23-15)24-22(27)21(26)19-14-25(20-10-6-5-9-18(19)20)30(28,29)17-7-3-2-4-8-17/h2-14H,1H3,(H,24,27). The number of carbonyl (C=O) groups is 2. The van der Waals surface area contributed by atoms with Crippen LogP contribution in [0.15, 0.2) is 84.0 Å². The molecule has 0 saturated carbocycles. The maximum Gasteiger partial charge on any atom is 0.296 e. The fraction of sp³-hybridized carbons (Fsp3) is 0.0455. The Balaban J connectivity index is 1.76. The van der Waals surface area contributed by atoms with Crippen molar-refractivity contribution in [2.24, 2.45) is 0 Å². The maximum absolute atomic E-state index is 13.1. The average Bonchev–Trinajstić information content (AvgIpc) is 3.16. The summed E-state index contributed by atoms with van der Waals surface area (Å²) in [5.74, 6) is -1.71. The van der Waals surface area contributed by atoms with Crippen LogP contribution in [0.4, 0.5) is 5.69 Å². The molecular weight excluding hydrogens is 402 g/mol. The van der Waals surface area contributed by atoms with Crippen molar-refractivity contribution in [1.29, 1.82) is 0 Å². The number of nitrogens with zero attached hydrogens (tertiary/aromatic N) is 2. The number of aryl methyl sites for hydroxylation is 1. The number of pyridine rings is 1. The molecule has 0 aliphatic rings. The van der Waals surface area contributed by atoms with Crippen molar-refractivity contribution in [3.05, 3.63) is 90.4 Å². The van der Waals surface area contributed by atoms with E-state index < -0.39 is 21.7 Å². The van der Waals surface area contributed by atoms with Crippen LogP contribution in [0.2, 0.25) is 0 Å². The normalized spacial score (nSPS) is 11.4. The van der Waals surface area contributed by atoms with Crippen molar-refractivity contribution in [1.82, 2.24) is 8.96 Å². The van der Waals surface area contributed by atoms with Crippen LogP contribution < -0.4 is 5.32 Å². The first-order valence-electron chi connectivity index (χ1n) is 9.07. The van der Waals surface area contributed by atoms with Crippen molar-refractivity contribution < 1.29 is 18.0 Å². The van der Waals surface area contributed by atoms with Crippen LogP contribution in [0.3, 0.4) is 0 Å². The number of ketones is 1. The van der Waals surface area contributed by atoms with Crippen molar-refractivity contribution >= 4 is 38.3 Å². The monoisotopic (exact) mass is 419 g/mol. The first kappa shape index (κ1) is 19.5. The largest absolute Gasteiger partial charge is 0.318 e. The Labute approximate surface area is 173 Å². The summed E-state index contributed by atoms with van der Waals surface area (Å²) < 4.78 is 27.3. The summed E-state index contributed by atoms with van der Waals surface area (Å²) in [6.07, 6.45) is 2.64. The van der Waals surface area contributed by atoms with Gasteiger partial charge in [0.2, 0.25) is 0 Å². The quantitative estimate of drug-likeness (QED) is 0.395. The van der Waals surface area contributed by atoms with Crippen molar-refractivity contribution in [3.8, 4) is 0 Å². The molecule has 0 saturated heterocycles. The number of amides is 1. The van der Waals surface area contributed by atoms with Crippen LogP contribution in [0.1, 0.15) is 16.1 Å². The van der Waals surface area contributed by atoms with E-state index in [9.17, 15) is 18.0 Å². The third kappa shape index (κ3) is 3.48. The molecule has 2 heterocycles. The second kappa shape index (κ2) is 7.57. The molecule has 1 amide bonds. The van der Waals surface area contributed by atoms with Gasteiger partial charge < -0.3 is 5.32 Å². The van der Waals surface area contributed by atoms with E-state index in [1.54, 1.807) is 61.5 Å². The number of carbonyl (C=O) groups excluding carboxylic acids is 2. The van der Waals surface area contributed by atoms with Gasteiger partial charge in [-0.1, -0.05) is 36.4 Å². The Kier molecular flexibility index (Phi) is 4.93. The molecular formula is C22H17N3O4S. The van der Waals surface area contributed by atoms with Gasteiger partial charge in [0.05, 0.1) is 27.9 Å². The SMILES string of the molecule is Cc1ccc(NC(=O)C(=O)c2cn(S(=O)(=O)c3ccccc3)c3ccccc23)cn1. The van der Waals surface area contributed by atoms with E-state index in [1.165, 1.54) is 24.5 Å². The van der Waals surface area contributed by atoms with Crippen LogP contribution in [0.5, 0.6) is 0 Å². The maximum atomic E-state index is 13.1. The highest BCUT2D eigenvalue weighted by Crippen LogP contribution is 2.26. The Morgan fingerprint density at radius 1 is 0.933 bits per heavy atom. The zero-order valence-corrected chi connectivity index (χ0v) is 16.8. The summed E-state index contributed by atoms with van der Waals surface area (Å²) in [5.41, 5.74) is 1.46. The van der Waals surface area contributed by atoms with E-state index in [2.05, 4.69) is 10.3 Å². The summed E-state index contributed by atoms with van der Waals surface area (Å²) in [5, 5.41) is 2.88. The van der Waals surface area contributed by atoms with Crippen LogP contribution in [0, 0.1) is 6.92 Å². The first-order valence-corrected chi connectivity index (χ1v) is 10.5. The van der Waals surface area contributed by atoms with Gasteiger partial charge >= 0.3 is 0 Å². The fourth-order valence-corrected chi connectivity index (χ4v) is 4.48. The number of anilines is 1. The van der Waals surface area contributed by atoms with Gasteiger partial charge in [0.1, 0.15) is 0 Å². The molecule has 150 valence electrons. The molecule has 4 aromatic rings. The minimum absolute atomic E-state index is 0.00248. The molecule has 0 spiro atoms. The summed E-state index contributed by atoms with van der Waals surface area (Å²) in [4.78, 5) is 29.5. The zero-order valence-electron chi connectivity index (χ0n) is 15.9. The second-order valence-electron chi connectivity index (χ2n) is 6.65. The highest BCUT2D eigenvalue weighted by molar-refractivity contribution is 7.90. The van der Waals surface area contributed by atoms with Crippen LogP contribution >= 0.6 is 0 Å². The van der Waals surface area contributed by atoms with Gasteiger partial charge in [-0.05, 0) is 37.3 Å². The summed E-state index contributed by atoms with van der Waals surface area (Å²) in [7, 11) is -3.94. The van der Waals surface area contributed by atoms with E-state index in [1.807, 2.05) is 0 Å². The smallest absolute Gasteiger partial charge is 0.296 e. The molecule has 0 aliphatic heterocycles. The third-order valence-corrected chi connectivity index (χ3v) is 6.29. The number of Topliss-reactive ketones (excluding diaryl/α,β-unsaturated/α-hetero) is 1. The second-order valence-corrected chi connectivity index (χ2v) is 8.46. The van der Waals surface area contributed by atoms with Crippen molar-refractivity contribution in [3.63, 3.8) is 0 Å². The Morgan fingerprint density at radius 2 is 1.63 bits per heavy atom. The topological polar surface area (TPSA) is 98.1 Å². The van der Waals surface area contributed by atoms with Gasteiger partial charge in [-0.15, -0.1) is 0 Å². The highest BCUT2D eigenvalue weighted by atomic mass is 32.2. The fourth-order valence-electron chi connectivity index (χ4n) is 3.09. The molecule has 8 heteroatoms. The van der Waals surface area contributed by atoms with Gasteiger partial charge in [0.25, 0.3) is 21.7 Å². The summed E-state index contributed by atoms with van der Waals surface area (Å²) in [6, 6.07) is 17.8. The van der Waals surface area contributed by atoms with Crippen LogP contribution in [-0.2, 0) is 14.8 Å². The summed E-state index contributed by atoms with van der Waals surface area (Å²) >= 11 is 0. The molecule has 1 N–H and O–H groups in total. The van der Waals surface area contributed by atoms with E-state index in [0.717, 1.165) is 9.67 Å². The summed E-state index contributed by atoms with van der Waals surface area (Å²) in [6.45, 7) is 1.80. The lowest BCUT2D eigenvalue weighted by Gasteiger charge is -2.07.